The molecule has 0 fully saturated rings. The molecule has 0 rings (SSSR count). The molecular formula is C79H154O17P2. The molecule has 0 aromatic carbocycles. The normalized spacial score (nSPS) is 14.2. The van der Waals surface area contributed by atoms with Crippen LogP contribution in [0.5, 0.6) is 0 Å². The third kappa shape index (κ3) is 71.1. The lowest BCUT2D eigenvalue weighted by Gasteiger charge is -2.21. The Kier molecular flexibility index (Phi) is 70.6. The van der Waals surface area contributed by atoms with E-state index in [4.69, 9.17) is 37.0 Å². The van der Waals surface area contributed by atoms with E-state index in [9.17, 15) is 43.2 Å². The molecule has 0 saturated heterocycles. The largest absolute Gasteiger partial charge is 0.472 e. The van der Waals surface area contributed by atoms with Crippen molar-refractivity contribution in [3.05, 3.63) is 0 Å². The van der Waals surface area contributed by atoms with Crippen molar-refractivity contribution >= 4 is 39.5 Å². The fourth-order valence-electron chi connectivity index (χ4n) is 12.2. The van der Waals surface area contributed by atoms with Gasteiger partial charge in [-0.25, -0.2) is 9.13 Å². The molecule has 0 aliphatic rings. The lowest BCUT2D eigenvalue weighted by Crippen LogP contribution is -2.30. The molecule has 582 valence electrons. The zero-order valence-corrected chi connectivity index (χ0v) is 65.7. The van der Waals surface area contributed by atoms with Crippen LogP contribution in [0.4, 0.5) is 0 Å². The van der Waals surface area contributed by atoms with Crippen LogP contribution in [0.2, 0.25) is 0 Å². The first-order valence-corrected chi connectivity index (χ1v) is 44.2. The Hall–Kier alpha value is -1.94. The maximum atomic E-state index is 13.1. The maximum absolute atomic E-state index is 13.1. The fourth-order valence-corrected chi connectivity index (χ4v) is 13.8. The zero-order valence-electron chi connectivity index (χ0n) is 63.9. The summed E-state index contributed by atoms with van der Waals surface area (Å²) in [6, 6.07) is 0. The number of carbonyl (C=O) groups is 4. The molecule has 19 heteroatoms. The summed E-state index contributed by atoms with van der Waals surface area (Å²) in [5, 5.41) is 10.6. The molecule has 98 heavy (non-hydrogen) atoms. The van der Waals surface area contributed by atoms with Crippen LogP contribution in [-0.2, 0) is 65.4 Å². The quantitative estimate of drug-likeness (QED) is 0.0222. The molecule has 3 N–H and O–H groups in total. The first-order chi connectivity index (χ1) is 47.6. The minimum Gasteiger partial charge on any atom is -0.462 e. The Balaban J connectivity index is 5.21. The van der Waals surface area contributed by atoms with Gasteiger partial charge >= 0.3 is 39.5 Å². The molecule has 3 unspecified atom stereocenters. The van der Waals surface area contributed by atoms with Crippen LogP contribution in [0.15, 0.2) is 0 Å². The number of phosphoric acid groups is 2. The van der Waals surface area contributed by atoms with Gasteiger partial charge in [-0.15, -0.1) is 0 Å². The van der Waals surface area contributed by atoms with E-state index >= 15 is 0 Å². The summed E-state index contributed by atoms with van der Waals surface area (Å²) in [6.45, 7) is 7.29. The Morgan fingerprint density at radius 2 is 0.490 bits per heavy atom. The number of unbranched alkanes of at least 4 members (excludes halogenated alkanes) is 50. The molecule has 0 aliphatic heterocycles. The standard InChI is InChI=1S/C79H154O17P2/c1-6-10-13-16-19-22-24-26-28-30-31-32-34-36-38-40-43-49-54-59-64-78(83)95-74(69-90-77(82)63-58-53-48-42-39-37-35-33-29-27-25-23-20-17-14-11-7-2)70-93-97(85,86)91-66-73(80)67-92-98(87,88)94-71-75(68-89-76(81)62-57-52-47-41-21-18-15-12-8-3)96-79(84)65-60-55-50-45-44-46-51-56-61-72(5)9-4/h72-75,80H,6-71H2,1-5H3,(H,85,86)(H,87,88)/t72?,73-,74-,75-/m1/s1. The van der Waals surface area contributed by atoms with Crippen molar-refractivity contribution < 1.29 is 80.2 Å². The van der Waals surface area contributed by atoms with Gasteiger partial charge in [0, 0.05) is 25.7 Å². The highest BCUT2D eigenvalue weighted by atomic mass is 31.2. The van der Waals surface area contributed by atoms with Crippen LogP contribution in [0.25, 0.3) is 0 Å². The van der Waals surface area contributed by atoms with Crippen molar-refractivity contribution in [1.29, 1.82) is 0 Å². The SMILES string of the molecule is CCCCCCCCCCCCCCCCCCCCCCC(=O)O[C@H](COC(=O)CCCCCCCCCCCCCCCCCCC)COP(=O)(O)OC[C@@H](O)COP(=O)(O)OC[C@@H](COC(=O)CCCCCCCCCCC)OC(=O)CCCCCCCCCCC(C)CC. The van der Waals surface area contributed by atoms with Gasteiger partial charge in [0.25, 0.3) is 0 Å². The van der Waals surface area contributed by atoms with Crippen LogP contribution < -0.4 is 0 Å². The first-order valence-electron chi connectivity index (χ1n) is 41.2. The van der Waals surface area contributed by atoms with Gasteiger partial charge in [0.2, 0.25) is 0 Å². The van der Waals surface area contributed by atoms with Gasteiger partial charge in [0.1, 0.15) is 19.3 Å². The fraction of sp³-hybridized carbons (Fsp3) is 0.949. The molecule has 0 radical (unpaired) electrons. The molecule has 0 bridgehead atoms. The minimum absolute atomic E-state index is 0.105. The van der Waals surface area contributed by atoms with Crippen LogP contribution in [0.3, 0.4) is 0 Å². The molecular weight excluding hydrogens is 1280 g/mol. The highest BCUT2D eigenvalue weighted by Gasteiger charge is 2.30. The second-order valence-electron chi connectivity index (χ2n) is 28.7. The summed E-state index contributed by atoms with van der Waals surface area (Å²) in [5.74, 6) is -1.34. The second kappa shape index (κ2) is 72.0. The highest BCUT2D eigenvalue weighted by Crippen LogP contribution is 2.45. The maximum Gasteiger partial charge on any atom is 0.472 e. The highest BCUT2D eigenvalue weighted by molar-refractivity contribution is 7.47. The number of rotatable bonds is 79. The van der Waals surface area contributed by atoms with Gasteiger partial charge in [-0.3, -0.25) is 37.3 Å². The van der Waals surface area contributed by atoms with Crippen molar-refractivity contribution in [2.75, 3.05) is 39.6 Å². The topological polar surface area (TPSA) is 237 Å². The number of aliphatic hydroxyl groups excluding tert-OH is 1. The predicted molar refractivity (Wildman–Crippen MR) is 400 cm³/mol. The average Bonchev–Trinajstić information content (AvgIpc) is 1.19. The third-order valence-corrected chi connectivity index (χ3v) is 20.8. The predicted octanol–water partition coefficient (Wildman–Crippen LogP) is 23.6. The molecule has 0 aromatic heterocycles. The average molecular weight is 1440 g/mol. The summed E-state index contributed by atoms with van der Waals surface area (Å²) in [5.41, 5.74) is 0. The van der Waals surface area contributed by atoms with E-state index in [0.29, 0.717) is 25.7 Å². The lowest BCUT2D eigenvalue weighted by molar-refractivity contribution is -0.161. The molecule has 0 aromatic rings. The van der Waals surface area contributed by atoms with E-state index < -0.39 is 97.5 Å². The monoisotopic (exact) mass is 1440 g/mol. The van der Waals surface area contributed by atoms with Gasteiger partial charge < -0.3 is 33.8 Å². The van der Waals surface area contributed by atoms with Crippen LogP contribution in [0.1, 0.15) is 420 Å². The Morgan fingerprint density at radius 1 is 0.286 bits per heavy atom. The van der Waals surface area contributed by atoms with Crippen LogP contribution in [-0.4, -0.2) is 96.7 Å². The van der Waals surface area contributed by atoms with E-state index in [-0.39, 0.29) is 25.7 Å². The van der Waals surface area contributed by atoms with E-state index in [0.717, 1.165) is 95.8 Å². The molecule has 0 amide bonds. The van der Waals surface area contributed by atoms with E-state index in [1.807, 2.05) is 0 Å². The lowest BCUT2D eigenvalue weighted by atomic mass is 9.99. The number of aliphatic hydroxyl groups is 1. The number of carbonyl (C=O) groups excluding carboxylic acids is 4. The van der Waals surface area contributed by atoms with Crippen molar-refractivity contribution in [3.63, 3.8) is 0 Å². The molecule has 0 heterocycles. The summed E-state index contributed by atoms with van der Waals surface area (Å²) in [7, 11) is -9.91. The molecule has 17 nitrogen and oxygen atoms in total. The minimum atomic E-state index is -4.96. The molecule has 0 saturated carbocycles. The smallest absolute Gasteiger partial charge is 0.462 e. The Labute approximate surface area is 600 Å². The van der Waals surface area contributed by atoms with Gasteiger partial charge in [-0.1, -0.05) is 369 Å². The third-order valence-electron chi connectivity index (χ3n) is 18.9. The number of phosphoric ester groups is 2. The van der Waals surface area contributed by atoms with Crippen LogP contribution in [0, 0.1) is 5.92 Å². The number of ether oxygens (including phenoxy) is 4. The second-order valence-corrected chi connectivity index (χ2v) is 31.6. The Morgan fingerprint density at radius 3 is 0.724 bits per heavy atom. The summed E-state index contributed by atoms with van der Waals surface area (Å²) < 4.78 is 68.6. The van der Waals surface area contributed by atoms with E-state index in [1.54, 1.807) is 0 Å². The van der Waals surface area contributed by atoms with Crippen molar-refractivity contribution in [2.24, 2.45) is 5.92 Å². The Bertz CT molecular complexity index is 1880. The van der Waals surface area contributed by atoms with Gasteiger partial charge in [-0.2, -0.15) is 0 Å². The van der Waals surface area contributed by atoms with Gasteiger partial charge in [0.05, 0.1) is 26.4 Å². The first kappa shape index (κ1) is 96.1. The summed E-state index contributed by atoms with van der Waals surface area (Å²) in [6.07, 6.45) is 62.5. The summed E-state index contributed by atoms with van der Waals surface area (Å²) >= 11 is 0. The zero-order chi connectivity index (χ0) is 71.9. The number of hydrogen-bond acceptors (Lipinski definition) is 15. The van der Waals surface area contributed by atoms with Gasteiger partial charge in [-0.05, 0) is 31.6 Å². The van der Waals surface area contributed by atoms with Crippen molar-refractivity contribution in [1.82, 2.24) is 0 Å². The van der Waals surface area contributed by atoms with E-state index in [1.165, 1.54) is 244 Å². The van der Waals surface area contributed by atoms with E-state index in [2.05, 4.69) is 34.6 Å². The number of hydrogen-bond donors (Lipinski definition) is 3. The van der Waals surface area contributed by atoms with Crippen LogP contribution >= 0.6 is 15.6 Å². The molecule has 0 spiro atoms. The number of esters is 4. The van der Waals surface area contributed by atoms with Crippen molar-refractivity contribution in [2.45, 2.75) is 438 Å². The summed E-state index contributed by atoms with van der Waals surface area (Å²) in [4.78, 5) is 72.9. The van der Waals surface area contributed by atoms with Crippen molar-refractivity contribution in [3.8, 4) is 0 Å². The molecule has 6 atom stereocenters. The van der Waals surface area contributed by atoms with Gasteiger partial charge in [0.15, 0.2) is 12.2 Å². The molecule has 0 aliphatic carbocycles.